The van der Waals surface area contributed by atoms with Crippen molar-refractivity contribution >= 4 is 16.7 Å². The summed E-state index contributed by atoms with van der Waals surface area (Å²) < 4.78 is 6.81. The van der Waals surface area contributed by atoms with Crippen LogP contribution < -0.4 is 15.6 Å². The minimum absolute atomic E-state index is 0.190. The van der Waals surface area contributed by atoms with Crippen LogP contribution in [-0.2, 0) is 23.8 Å². The predicted octanol–water partition coefficient (Wildman–Crippen LogP) is 6.19. The summed E-state index contributed by atoms with van der Waals surface area (Å²) in [6.07, 6.45) is 1.72. The fraction of sp³-hybridized carbons (Fsp3) is 0.132. The highest BCUT2D eigenvalue weighted by Gasteiger charge is 2.40. The van der Waals surface area contributed by atoms with Crippen molar-refractivity contribution in [1.82, 2.24) is 15.1 Å². The largest absolute Gasteiger partial charge is 0.494 e. The van der Waals surface area contributed by atoms with Gasteiger partial charge in [-0.3, -0.25) is 14.9 Å². The zero-order chi connectivity index (χ0) is 31.4. The molecule has 1 heterocycles. The highest BCUT2D eigenvalue weighted by Crippen LogP contribution is 2.38. The summed E-state index contributed by atoms with van der Waals surface area (Å²) in [7, 11) is 3.11. The summed E-state index contributed by atoms with van der Waals surface area (Å²) in [6, 6.07) is 40.4. The number of hydrogen-bond acceptors (Lipinski definition) is 5. The molecule has 6 aromatic rings. The van der Waals surface area contributed by atoms with Crippen LogP contribution in [0.4, 0.5) is 0 Å². The Morgan fingerprint density at radius 3 is 1.82 bits per heavy atom. The molecular weight excluding hydrogens is 562 g/mol. The van der Waals surface area contributed by atoms with Crippen LogP contribution in [0, 0.1) is 0 Å². The highest BCUT2D eigenvalue weighted by molar-refractivity contribution is 5.99. The number of nitrogens with one attached hydrogen (secondary N) is 1. The molecule has 0 aliphatic carbocycles. The van der Waals surface area contributed by atoms with Crippen molar-refractivity contribution in [3.8, 4) is 16.9 Å². The maximum Gasteiger partial charge on any atom is 0.321 e. The van der Waals surface area contributed by atoms with Gasteiger partial charge < -0.3 is 9.84 Å². The van der Waals surface area contributed by atoms with Gasteiger partial charge in [-0.1, -0.05) is 127 Å². The van der Waals surface area contributed by atoms with E-state index < -0.39 is 17.6 Å². The van der Waals surface area contributed by atoms with E-state index >= 15 is 0 Å². The Hall–Kier alpha value is -5.53. The Bertz CT molecular complexity index is 1910. The minimum Gasteiger partial charge on any atom is -0.494 e. The zero-order valence-corrected chi connectivity index (χ0v) is 25.1. The number of rotatable bonds is 10. The molecule has 1 aromatic heterocycles. The van der Waals surface area contributed by atoms with Gasteiger partial charge in [-0.15, -0.1) is 0 Å². The second-order valence-corrected chi connectivity index (χ2v) is 10.9. The maximum absolute atomic E-state index is 13.2. The molecule has 7 nitrogen and oxygen atoms in total. The average Bonchev–Trinajstić information content (AvgIpc) is 3.09. The molecule has 224 valence electrons. The molecule has 1 atom stereocenters. The number of fused-ring (bicyclic) bond motifs is 1. The fourth-order valence-corrected chi connectivity index (χ4v) is 6.18. The number of carboxylic acids is 1. The van der Waals surface area contributed by atoms with Gasteiger partial charge >= 0.3 is 5.97 Å². The van der Waals surface area contributed by atoms with E-state index in [1.807, 2.05) is 127 Å². The summed E-state index contributed by atoms with van der Waals surface area (Å²) in [5, 5.41) is 20.2. The van der Waals surface area contributed by atoms with E-state index in [-0.39, 0.29) is 12.0 Å². The number of methoxy groups -OCH3 is 1. The summed E-state index contributed by atoms with van der Waals surface area (Å²) in [5.41, 5.74) is 3.47. The number of aromatic nitrogens is 2. The number of carbonyl (C=O) groups is 1. The van der Waals surface area contributed by atoms with E-state index in [2.05, 4.69) is 10.4 Å². The smallest absolute Gasteiger partial charge is 0.321 e. The number of ether oxygens (including phenoxy) is 1. The lowest BCUT2D eigenvalue weighted by atomic mass is 9.76. The van der Waals surface area contributed by atoms with Gasteiger partial charge in [0.1, 0.15) is 6.04 Å². The predicted molar refractivity (Wildman–Crippen MR) is 176 cm³/mol. The van der Waals surface area contributed by atoms with E-state index in [9.17, 15) is 14.7 Å². The molecule has 7 heteroatoms. The van der Waals surface area contributed by atoms with Crippen LogP contribution in [0.25, 0.3) is 21.9 Å². The Kier molecular flexibility index (Phi) is 8.27. The van der Waals surface area contributed by atoms with E-state index in [1.54, 1.807) is 7.05 Å². The summed E-state index contributed by atoms with van der Waals surface area (Å²) >= 11 is 0. The van der Waals surface area contributed by atoms with Crippen molar-refractivity contribution in [3.05, 3.63) is 166 Å². The van der Waals surface area contributed by atoms with Crippen LogP contribution in [0.2, 0.25) is 0 Å². The number of nitrogens with zero attached hydrogens (tertiary/aromatic N) is 2. The van der Waals surface area contributed by atoms with Crippen molar-refractivity contribution in [2.24, 2.45) is 7.05 Å². The van der Waals surface area contributed by atoms with Crippen molar-refractivity contribution in [2.75, 3.05) is 7.11 Å². The molecule has 0 fully saturated rings. The number of hydrogen-bond donors (Lipinski definition) is 2. The van der Waals surface area contributed by atoms with Gasteiger partial charge in [-0.25, -0.2) is 4.68 Å². The van der Waals surface area contributed by atoms with Gasteiger partial charge in [-0.05, 0) is 45.0 Å². The molecule has 0 radical (unpaired) electrons. The first kappa shape index (κ1) is 29.5. The SMILES string of the molecule is COc1cnn(C)c(=O)c1-c1ccc(CC(NC(c2ccccc2)(c2ccccc2)c2ccccc2)C(=O)O)c2ccccc12. The molecule has 2 N–H and O–H groups in total. The van der Waals surface area contributed by atoms with Crippen LogP contribution in [-0.4, -0.2) is 34.0 Å². The van der Waals surface area contributed by atoms with Crippen molar-refractivity contribution in [1.29, 1.82) is 0 Å². The molecule has 0 aliphatic rings. The van der Waals surface area contributed by atoms with Gasteiger partial charge in [0, 0.05) is 7.05 Å². The molecule has 1 unspecified atom stereocenters. The second-order valence-electron chi connectivity index (χ2n) is 10.9. The number of carboxylic acid groups (broad SMARTS) is 1. The second kappa shape index (κ2) is 12.6. The van der Waals surface area contributed by atoms with Gasteiger partial charge in [-0.2, -0.15) is 5.10 Å². The molecule has 0 amide bonds. The third-order valence-corrected chi connectivity index (χ3v) is 8.34. The van der Waals surface area contributed by atoms with Gasteiger partial charge in [0.05, 0.1) is 24.4 Å². The van der Waals surface area contributed by atoms with E-state index in [1.165, 1.54) is 18.0 Å². The molecule has 0 bridgehead atoms. The lowest BCUT2D eigenvalue weighted by Gasteiger charge is -2.39. The van der Waals surface area contributed by atoms with Gasteiger partial charge in [0.15, 0.2) is 5.75 Å². The molecule has 0 saturated carbocycles. The Labute approximate surface area is 261 Å². The Balaban J connectivity index is 1.50. The van der Waals surface area contributed by atoms with Crippen LogP contribution in [0.3, 0.4) is 0 Å². The first-order valence-corrected chi connectivity index (χ1v) is 14.7. The van der Waals surface area contributed by atoms with Crippen molar-refractivity contribution < 1.29 is 14.6 Å². The molecule has 0 spiro atoms. The lowest BCUT2D eigenvalue weighted by Crippen LogP contribution is -2.53. The molecule has 6 rings (SSSR count). The molecule has 5 aromatic carbocycles. The van der Waals surface area contributed by atoms with Crippen LogP contribution >= 0.6 is 0 Å². The Morgan fingerprint density at radius 1 is 0.800 bits per heavy atom. The summed E-state index contributed by atoms with van der Waals surface area (Å²) in [4.78, 5) is 26.4. The van der Waals surface area contributed by atoms with E-state index in [0.717, 1.165) is 33.0 Å². The van der Waals surface area contributed by atoms with Crippen molar-refractivity contribution in [3.63, 3.8) is 0 Å². The van der Waals surface area contributed by atoms with E-state index in [4.69, 9.17) is 4.74 Å². The maximum atomic E-state index is 13.2. The quantitative estimate of drug-likeness (QED) is 0.184. The normalized spacial score (nSPS) is 12.1. The summed E-state index contributed by atoms with van der Waals surface area (Å²) in [5.74, 6) is -0.598. The zero-order valence-electron chi connectivity index (χ0n) is 25.1. The number of aryl methyl sites for hydroxylation is 1. The van der Waals surface area contributed by atoms with Gasteiger partial charge in [0.2, 0.25) is 0 Å². The van der Waals surface area contributed by atoms with Crippen LogP contribution in [0.1, 0.15) is 22.3 Å². The van der Waals surface area contributed by atoms with Gasteiger partial charge in [0.25, 0.3) is 5.56 Å². The standard InChI is InChI=1S/C38H33N3O4/c1-41-36(42)35(34(45-2)25-39-41)32-23-22-26(30-20-12-13-21-31(30)32)24-33(37(43)44)40-38(27-14-6-3-7-15-27,28-16-8-4-9-17-28)29-18-10-5-11-19-29/h3-23,25,33,40H,24H2,1-2H3,(H,43,44). The topological polar surface area (TPSA) is 93.5 Å². The van der Waals surface area contributed by atoms with Crippen molar-refractivity contribution in [2.45, 2.75) is 18.0 Å². The number of aliphatic carboxylic acids is 1. The highest BCUT2D eigenvalue weighted by atomic mass is 16.5. The fourth-order valence-electron chi connectivity index (χ4n) is 6.18. The first-order valence-electron chi connectivity index (χ1n) is 14.7. The monoisotopic (exact) mass is 595 g/mol. The minimum atomic E-state index is -0.983. The van der Waals surface area contributed by atoms with Crippen LogP contribution in [0.15, 0.2) is 138 Å². The molecule has 45 heavy (non-hydrogen) atoms. The third-order valence-electron chi connectivity index (χ3n) is 8.34. The average molecular weight is 596 g/mol. The molecule has 0 saturated heterocycles. The Morgan fingerprint density at radius 2 is 1.31 bits per heavy atom. The summed E-state index contributed by atoms with van der Waals surface area (Å²) in [6.45, 7) is 0. The first-order chi connectivity index (χ1) is 21.9. The lowest BCUT2D eigenvalue weighted by molar-refractivity contribution is -0.139. The van der Waals surface area contributed by atoms with Crippen LogP contribution in [0.5, 0.6) is 5.75 Å². The molecular formula is C38H33N3O4. The van der Waals surface area contributed by atoms with E-state index in [0.29, 0.717) is 16.9 Å². The third kappa shape index (κ3) is 5.50. The number of benzene rings is 5. The molecule has 0 aliphatic heterocycles.